The molecule has 8 heteroatoms. The fourth-order valence-corrected chi connectivity index (χ4v) is 2.94. The van der Waals surface area contributed by atoms with Crippen molar-refractivity contribution in [3.8, 4) is 0 Å². The van der Waals surface area contributed by atoms with Gasteiger partial charge in [0.15, 0.2) is 0 Å². The standard InChI is InChI=1S/C15H25N5O3/c1-10(2)15(4-6-20(7-5-15)11(3)21)18-14-16-8-12(9-17-14)13(22)19-23/h8-11,21,23H,4-7H2,1-3H3,(H,19,22)(H,16,17,18). The second-order valence-corrected chi connectivity index (χ2v) is 6.34. The zero-order chi connectivity index (χ0) is 17.0. The molecule has 1 aliphatic rings. The lowest BCUT2D eigenvalue weighted by atomic mass is 9.78. The lowest BCUT2D eigenvalue weighted by molar-refractivity contribution is -0.0104. The van der Waals surface area contributed by atoms with Crippen LogP contribution in [0.4, 0.5) is 5.95 Å². The van der Waals surface area contributed by atoms with Gasteiger partial charge in [0.1, 0.15) is 6.23 Å². The highest BCUT2D eigenvalue weighted by Crippen LogP contribution is 2.33. The van der Waals surface area contributed by atoms with Gasteiger partial charge in [-0.2, -0.15) is 0 Å². The summed E-state index contributed by atoms with van der Waals surface area (Å²) in [6.45, 7) is 7.68. The lowest BCUT2D eigenvalue weighted by Gasteiger charge is -2.45. The first-order chi connectivity index (χ1) is 10.9. The predicted molar refractivity (Wildman–Crippen MR) is 85.0 cm³/mol. The van der Waals surface area contributed by atoms with Crippen LogP contribution in [0.2, 0.25) is 0 Å². The average molecular weight is 323 g/mol. The molecule has 1 aliphatic heterocycles. The number of carbonyl (C=O) groups is 1. The van der Waals surface area contributed by atoms with Gasteiger partial charge in [0.2, 0.25) is 5.95 Å². The summed E-state index contributed by atoms with van der Waals surface area (Å²) in [5, 5.41) is 21.7. The summed E-state index contributed by atoms with van der Waals surface area (Å²) in [6.07, 6.45) is 4.06. The first kappa shape index (κ1) is 17.6. The minimum absolute atomic E-state index is 0.147. The molecular weight excluding hydrogens is 298 g/mol. The summed E-state index contributed by atoms with van der Waals surface area (Å²) in [6, 6.07) is 0. The van der Waals surface area contributed by atoms with Crippen LogP contribution in [0.1, 0.15) is 44.0 Å². The topological polar surface area (TPSA) is 111 Å². The molecule has 1 amide bonds. The molecule has 2 heterocycles. The Morgan fingerprint density at radius 2 is 1.83 bits per heavy atom. The molecule has 8 nitrogen and oxygen atoms in total. The van der Waals surface area contributed by atoms with E-state index in [-0.39, 0.29) is 11.1 Å². The van der Waals surface area contributed by atoms with E-state index in [1.165, 1.54) is 12.4 Å². The number of rotatable bonds is 5. The van der Waals surface area contributed by atoms with Crippen LogP contribution in [0.5, 0.6) is 0 Å². The summed E-state index contributed by atoms with van der Waals surface area (Å²) in [4.78, 5) is 21.7. The second kappa shape index (κ2) is 7.20. The van der Waals surface area contributed by atoms with Crippen molar-refractivity contribution in [3.05, 3.63) is 18.0 Å². The molecule has 0 aliphatic carbocycles. The second-order valence-electron chi connectivity index (χ2n) is 6.34. The van der Waals surface area contributed by atoms with Crippen LogP contribution in [0.25, 0.3) is 0 Å². The Hall–Kier alpha value is -1.77. The number of hydrogen-bond donors (Lipinski definition) is 4. The number of aliphatic hydroxyl groups is 1. The van der Waals surface area contributed by atoms with Gasteiger partial charge in [-0.3, -0.25) is 14.9 Å². The van der Waals surface area contributed by atoms with Crippen LogP contribution >= 0.6 is 0 Å². The van der Waals surface area contributed by atoms with Crippen LogP contribution in [-0.2, 0) is 0 Å². The fraction of sp³-hybridized carbons (Fsp3) is 0.667. The Labute approximate surface area is 135 Å². The van der Waals surface area contributed by atoms with Gasteiger partial charge in [0, 0.05) is 31.0 Å². The molecule has 23 heavy (non-hydrogen) atoms. The van der Waals surface area contributed by atoms with Crippen LogP contribution in [-0.4, -0.2) is 55.9 Å². The monoisotopic (exact) mass is 323 g/mol. The van der Waals surface area contributed by atoms with Crippen LogP contribution in [0.15, 0.2) is 12.4 Å². The summed E-state index contributed by atoms with van der Waals surface area (Å²) >= 11 is 0. The van der Waals surface area contributed by atoms with Crippen LogP contribution in [0.3, 0.4) is 0 Å². The van der Waals surface area contributed by atoms with Gasteiger partial charge in [0.25, 0.3) is 5.91 Å². The third kappa shape index (κ3) is 3.95. The summed E-state index contributed by atoms with van der Waals surface area (Å²) in [5.41, 5.74) is 1.60. The SMILES string of the molecule is CC(O)N1CCC(Nc2ncc(C(=O)NO)cn2)(C(C)C)CC1. The molecule has 128 valence electrons. The Balaban J connectivity index is 2.10. The summed E-state index contributed by atoms with van der Waals surface area (Å²) < 4.78 is 0. The van der Waals surface area contributed by atoms with Crippen molar-refractivity contribution in [1.82, 2.24) is 20.3 Å². The van der Waals surface area contributed by atoms with Crippen LogP contribution < -0.4 is 10.8 Å². The largest absolute Gasteiger partial charge is 0.379 e. The van der Waals surface area contributed by atoms with Gasteiger partial charge in [0.05, 0.1) is 5.56 Å². The molecule has 0 aromatic carbocycles. The van der Waals surface area contributed by atoms with Crippen molar-refractivity contribution in [2.75, 3.05) is 18.4 Å². The van der Waals surface area contributed by atoms with Gasteiger partial charge in [-0.25, -0.2) is 15.4 Å². The van der Waals surface area contributed by atoms with Gasteiger partial charge < -0.3 is 10.4 Å². The molecule has 1 fully saturated rings. The van der Waals surface area contributed by atoms with E-state index >= 15 is 0 Å². The fourth-order valence-electron chi connectivity index (χ4n) is 2.94. The number of nitrogens with zero attached hydrogens (tertiary/aromatic N) is 3. The quantitative estimate of drug-likeness (QED) is 0.469. The Kier molecular flexibility index (Phi) is 5.51. The number of hydroxylamine groups is 1. The van der Waals surface area contributed by atoms with E-state index in [1.54, 1.807) is 12.4 Å². The van der Waals surface area contributed by atoms with Gasteiger partial charge in [-0.1, -0.05) is 13.8 Å². The van der Waals surface area contributed by atoms with E-state index < -0.39 is 12.1 Å². The number of carbonyl (C=O) groups excluding carboxylic acids is 1. The van der Waals surface area contributed by atoms with Crippen molar-refractivity contribution in [1.29, 1.82) is 0 Å². The van der Waals surface area contributed by atoms with E-state index in [1.807, 2.05) is 4.90 Å². The smallest absolute Gasteiger partial charge is 0.277 e. The Morgan fingerprint density at radius 1 is 1.26 bits per heavy atom. The molecule has 1 saturated heterocycles. The number of anilines is 1. The molecule has 1 aromatic heterocycles. The van der Waals surface area contributed by atoms with Crippen molar-refractivity contribution in [2.45, 2.75) is 45.4 Å². The zero-order valence-corrected chi connectivity index (χ0v) is 13.8. The van der Waals surface area contributed by atoms with Gasteiger partial charge >= 0.3 is 0 Å². The highest BCUT2D eigenvalue weighted by Gasteiger charge is 2.38. The molecule has 1 aromatic rings. The van der Waals surface area contributed by atoms with Crippen molar-refractivity contribution < 1.29 is 15.1 Å². The summed E-state index contributed by atoms with van der Waals surface area (Å²) in [7, 11) is 0. The van der Waals surface area contributed by atoms with E-state index in [9.17, 15) is 9.90 Å². The summed E-state index contributed by atoms with van der Waals surface area (Å²) in [5.74, 6) is 0.182. The maximum absolute atomic E-state index is 11.3. The molecule has 4 N–H and O–H groups in total. The Bertz CT molecular complexity index is 524. The van der Waals surface area contributed by atoms with Gasteiger partial charge in [-0.15, -0.1) is 0 Å². The number of aromatic nitrogens is 2. The molecule has 0 saturated carbocycles. The third-order valence-corrected chi connectivity index (χ3v) is 4.70. The van der Waals surface area contributed by atoms with Crippen LogP contribution in [0, 0.1) is 5.92 Å². The number of amides is 1. The molecular formula is C15H25N5O3. The number of piperidine rings is 1. The first-order valence-corrected chi connectivity index (χ1v) is 7.85. The van der Waals surface area contributed by atoms with Crippen molar-refractivity contribution >= 4 is 11.9 Å². The number of aliphatic hydroxyl groups excluding tert-OH is 1. The minimum Gasteiger partial charge on any atom is -0.379 e. The maximum Gasteiger partial charge on any atom is 0.277 e. The van der Waals surface area contributed by atoms with E-state index in [0.717, 1.165) is 25.9 Å². The van der Waals surface area contributed by atoms with E-state index in [4.69, 9.17) is 5.21 Å². The third-order valence-electron chi connectivity index (χ3n) is 4.70. The van der Waals surface area contributed by atoms with E-state index in [0.29, 0.717) is 11.9 Å². The number of nitrogens with one attached hydrogen (secondary N) is 2. The number of likely N-dealkylation sites (tertiary alicyclic amines) is 1. The Morgan fingerprint density at radius 3 is 2.26 bits per heavy atom. The van der Waals surface area contributed by atoms with Crippen molar-refractivity contribution in [3.63, 3.8) is 0 Å². The lowest BCUT2D eigenvalue weighted by Crippen LogP contribution is -2.54. The van der Waals surface area contributed by atoms with Gasteiger partial charge in [-0.05, 0) is 25.7 Å². The normalized spacial score (nSPS) is 19.4. The predicted octanol–water partition coefficient (Wildman–Crippen LogP) is 0.836. The molecule has 0 radical (unpaired) electrons. The minimum atomic E-state index is -0.639. The van der Waals surface area contributed by atoms with Crippen molar-refractivity contribution in [2.24, 2.45) is 5.92 Å². The number of hydrogen-bond acceptors (Lipinski definition) is 7. The highest BCUT2D eigenvalue weighted by molar-refractivity contribution is 5.92. The molecule has 1 unspecified atom stereocenters. The zero-order valence-electron chi connectivity index (χ0n) is 13.8. The maximum atomic E-state index is 11.3. The molecule has 0 bridgehead atoms. The van der Waals surface area contributed by atoms with E-state index in [2.05, 4.69) is 29.1 Å². The molecule has 0 spiro atoms. The molecule has 2 rings (SSSR count). The highest BCUT2D eigenvalue weighted by atomic mass is 16.5. The average Bonchev–Trinajstić information content (AvgIpc) is 2.55. The molecule has 1 atom stereocenters. The first-order valence-electron chi connectivity index (χ1n) is 7.85.